The number of nitrogens with zero attached hydrogens (tertiary/aromatic N) is 3. The van der Waals surface area contributed by atoms with Crippen molar-refractivity contribution in [3.8, 4) is 17.2 Å². The first kappa shape index (κ1) is 24.2. The van der Waals surface area contributed by atoms with Crippen LogP contribution in [-0.4, -0.2) is 35.0 Å². The predicted molar refractivity (Wildman–Crippen MR) is 138 cm³/mol. The van der Waals surface area contributed by atoms with Crippen LogP contribution in [-0.2, 0) is 12.3 Å². The molecule has 4 aromatic rings. The Labute approximate surface area is 208 Å². The van der Waals surface area contributed by atoms with Crippen LogP contribution in [0.15, 0.2) is 78.0 Å². The highest BCUT2D eigenvalue weighted by Gasteiger charge is 2.16. The second kappa shape index (κ2) is 11.4. The maximum absolute atomic E-state index is 12.5. The maximum Gasteiger partial charge on any atom is 0.319 e. The van der Waals surface area contributed by atoms with Gasteiger partial charge in [0.15, 0.2) is 11.0 Å². The Morgan fingerprint density at radius 1 is 0.943 bits per heavy atom. The Hall–Kier alpha value is -3.98. The van der Waals surface area contributed by atoms with Gasteiger partial charge in [0.25, 0.3) is 0 Å². The molecule has 4 rings (SSSR count). The zero-order valence-electron chi connectivity index (χ0n) is 19.8. The molecule has 2 N–H and O–H groups in total. The number of ether oxygens (including phenoxy) is 2. The molecular formula is C26H27N5O3S. The molecule has 0 fully saturated rings. The van der Waals surface area contributed by atoms with Gasteiger partial charge in [0.2, 0.25) is 0 Å². The summed E-state index contributed by atoms with van der Waals surface area (Å²) in [6.07, 6.45) is 0. The number of aryl methyl sites for hydroxylation is 1. The van der Waals surface area contributed by atoms with E-state index in [1.807, 2.05) is 72.2 Å². The lowest BCUT2D eigenvalue weighted by Crippen LogP contribution is -2.29. The molecule has 1 heterocycles. The van der Waals surface area contributed by atoms with Crippen LogP contribution in [0.3, 0.4) is 0 Å². The van der Waals surface area contributed by atoms with Gasteiger partial charge in [-0.3, -0.25) is 4.57 Å². The van der Waals surface area contributed by atoms with Crippen molar-refractivity contribution in [3.63, 3.8) is 0 Å². The van der Waals surface area contributed by atoms with E-state index in [2.05, 4.69) is 20.8 Å². The van der Waals surface area contributed by atoms with Crippen LogP contribution in [0.4, 0.5) is 10.5 Å². The van der Waals surface area contributed by atoms with Gasteiger partial charge in [-0.15, -0.1) is 10.2 Å². The summed E-state index contributed by atoms with van der Waals surface area (Å²) >= 11 is 1.57. The smallest absolute Gasteiger partial charge is 0.319 e. The van der Waals surface area contributed by atoms with Crippen LogP contribution in [0.25, 0.3) is 5.69 Å². The first-order chi connectivity index (χ1) is 17.1. The molecule has 0 unspecified atom stereocenters. The number of urea groups is 1. The molecule has 1 aromatic heterocycles. The summed E-state index contributed by atoms with van der Waals surface area (Å²) in [7, 11) is 3.24. The lowest BCUT2D eigenvalue weighted by molar-refractivity contribution is 0.251. The van der Waals surface area contributed by atoms with Crippen LogP contribution in [0.1, 0.15) is 17.0 Å². The van der Waals surface area contributed by atoms with Gasteiger partial charge in [-0.05, 0) is 48.9 Å². The standard InChI is InChI=1S/C26H27N5O3S/c1-18-10-12-21(13-11-18)31-24(16-27-25(32)28-20-7-5-9-23(15-20)34-3)29-30-26(31)35-17-19-6-4-8-22(14-19)33-2/h4-15H,16-17H2,1-3H3,(H2,27,28,32). The highest BCUT2D eigenvalue weighted by atomic mass is 32.2. The van der Waals surface area contributed by atoms with Gasteiger partial charge >= 0.3 is 6.03 Å². The number of hydrogen-bond acceptors (Lipinski definition) is 6. The average Bonchev–Trinajstić information content (AvgIpc) is 3.29. The van der Waals surface area contributed by atoms with Crippen molar-refractivity contribution in [1.29, 1.82) is 0 Å². The van der Waals surface area contributed by atoms with Gasteiger partial charge in [0.1, 0.15) is 11.5 Å². The minimum Gasteiger partial charge on any atom is -0.497 e. The van der Waals surface area contributed by atoms with Crippen molar-refractivity contribution in [2.24, 2.45) is 0 Å². The van der Waals surface area contributed by atoms with E-state index in [9.17, 15) is 4.79 Å². The predicted octanol–water partition coefficient (Wildman–Crippen LogP) is 5.21. The molecule has 0 aliphatic rings. The van der Waals surface area contributed by atoms with Crippen molar-refractivity contribution in [3.05, 3.63) is 89.7 Å². The molecule has 0 radical (unpaired) electrons. The molecule has 0 saturated carbocycles. The Kier molecular flexibility index (Phi) is 7.89. The van der Waals surface area contributed by atoms with E-state index < -0.39 is 0 Å². The zero-order chi connectivity index (χ0) is 24.6. The van der Waals surface area contributed by atoms with Crippen molar-refractivity contribution < 1.29 is 14.3 Å². The number of rotatable bonds is 9. The molecule has 2 amide bonds. The summed E-state index contributed by atoms with van der Waals surface area (Å²) < 4.78 is 12.5. The summed E-state index contributed by atoms with van der Waals surface area (Å²) in [6, 6.07) is 22.9. The number of carbonyl (C=O) groups excluding carboxylic acids is 1. The Morgan fingerprint density at radius 2 is 1.66 bits per heavy atom. The number of methoxy groups -OCH3 is 2. The summed E-state index contributed by atoms with van der Waals surface area (Å²) in [6.45, 7) is 2.25. The average molecular weight is 490 g/mol. The minimum atomic E-state index is -0.345. The van der Waals surface area contributed by atoms with E-state index in [-0.39, 0.29) is 12.6 Å². The fraction of sp³-hybridized carbons (Fsp3) is 0.192. The van der Waals surface area contributed by atoms with Crippen LogP contribution in [0.2, 0.25) is 0 Å². The second-order valence-electron chi connectivity index (χ2n) is 7.75. The molecule has 0 spiro atoms. The van der Waals surface area contributed by atoms with Gasteiger partial charge in [-0.25, -0.2) is 4.79 Å². The van der Waals surface area contributed by atoms with E-state index in [4.69, 9.17) is 9.47 Å². The molecule has 0 atom stereocenters. The first-order valence-corrected chi connectivity index (χ1v) is 12.0. The molecule has 0 saturated heterocycles. The van der Waals surface area contributed by atoms with E-state index in [0.717, 1.165) is 27.7 Å². The summed E-state index contributed by atoms with van der Waals surface area (Å²) in [5.74, 6) is 2.81. The highest BCUT2D eigenvalue weighted by Crippen LogP contribution is 2.27. The molecule has 8 nitrogen and oxygen atoms in total. The van der Waals surface area contributed by atoms with Gasteiger partial charge in [0.05, 0.1) is 20.8 Å². The molecule has 35 heavy (non-hydrogen) atoms. The Bertz CT molecular complexity index is 1290. The van der Waals surface area contributed by atoms with Crippen molar-refractivity contribution in [2.75, 3.05) is 19.5 Å². The highest BCUT2D eigenvalue weighted by molar-refractivity contribution is 7.98. The maximum atomic E-state index is 12.5. The third-order valence-corrected chi connectivity index (χ3v) is 6.23. The Morgan fingerprint density at radius 3 is 2.40 bits per heavy atom. The van der Waals surface area contributed by atoms with Gasteiger partial charge in [0, 0.05) is 23.2 Å². The van der Waals surface area contributed by atoms with E-state index >= 15 is 0 Å². The summed E-state index contributed by atoms with van der Waals surface area (Å²) in [5, 5.41) is 15.2. The fourth-order valence-electron chi connectivity index (χ4n) is 3.41. The number of nitrogens with one attached hydrogen (secondary N) is 2. The van der Waals surface area contributed by atoms with Crippen LogP contribution in [0.5, 0.6) is 11.5 Å². The van der Waals surface area contributed by atoms with Crippen LogP contribution >= 0.6 is 11.8 Å². The van der Waals surface area contributed by atoms with E-state index in [1.54, 1.807) is 38.1 Å². The van der Waals surface area contributed by atoms with Crippen LogP contribution in [0, 0.1) is 6.92 Å². The SMILES string of the molecule is COc1cccc(CSc2nnc(CNC(=O)Nc3cccc(OC)c3)n2-c2ccc(C)cc2)c1. The molecule has 3 aromatic carbocycles. The van der Waals surface area contributed by atoms with Crippen LogP contribution < -0.4 is 20.1 Å². The summed E-state index contributed by atoms with van der Waals surface area (Å²) in [5.41, 5.74) is 3.84. The van der Waals surface area contributed by atoms with Gasteiger partial charge < -0.3 is 20.1 Å². The minimum absolute atomic E-state index is 0.205. The summed E-state index contributed by atoms with van der Waals surface area (Å²) in [4.78, 5) is 12.5. The molecule has 0 bridgehead atoms. The molecule has 0 aliphatic carbocycles. The van der Waals surface area contributed by atoms with E-state index in [0.29, 0.717) is 23.0 Å². The van der Waals surface area contributed by atoms with Crippen molar-refractivity contribution in [2.45, 2.75) is 24.4 Å². The molecule has 180 valence electrons. The number of amides is 2. The zero-order valence-corrected chi connectivity index (χ0v) is 20.6. The third-order valence-electron chi connectivity index (χ3n) is 5.23. The molecule has 9 heteroatoms. The number of hydrogen-bond donors (Lipinski definition) is 2. The second-order valence-corrected chi connectivity index (χ2v) is 8.69. The number of anilines is 1. The topological polar surface area (TPSA) is 90.3 Å². The number of aromatic nitrogens is 3. The largest absolute Gasteiger partial charge is 0.497 e. The fourth-order valence-corrected chi connectivity index (χ4v) is 4.32. The lowest BCUT2D eigenvalue weighted by Gasteiger charge is -2.12. The van der Waals surface area contributed by atoms with E-state index in [1.165, 1.54) is 0 Å². The number of thioether (sulfide) groups is 1. The normalized spacial score (nSPS) is 10.6. The molecular weight excluding hydrogens is 462 g/mol. The van der Waals surface area contributed by atoms with Crippen molar-refractivity contribution >= 4 is 23.5 Å². The number of carbonyl (C=O) groups is 1. The monoisotopic (exact) mass is 489 g/mol. The lowest BCUT2D eigenvalue weighted by atomic mass is 10.2. The third kappa shape index (κ3) is 6.33. The number of benzene rings is 3. The van der Waals surface area contributed by atoms with Gasteiger partial charge in [-0.2, -0.15) is 0 Å². The first-order valence-electron chi connectivity index (χ1n) is 11.0. The quantitative estimate of drug-likeness (QED) is 0.314. The van der Waals surface area contributed by atoms with Crippen molar-refractivity contribution in [1.82, 2.24) is 20.1 Å². The van der Waals surface area contributed by atoms with Gasteiger partial charge in [-0.1, -0.05) is 47.7 Å². The Balaban J connectivity index is 1.50. The molecule has 0 aliphatic heterocycles.